The summed E-state index contributed by atoms with van der Waals surface area (Å²) < 4.78 is 42.4. The Balaban J connectivity index is 2.55. The number of hydrogen-bond donors (Lipinski definition) is 2. The zero-order chi connectivity index (χ0) is 15.4. The Morgan fingerprint density at radius 1 is 1.25 bits per heavy atom. The van der Waals surface area contributed by atoms with E-state index in [4.69, 9.17) is 15.7 Å². The maximum atomic E-state index is 12.4. The SMILES string of the molecule is CC(C)(CCOc1ccc(C(F)(F)F)cc1)C(N)=NO. The highest BCUT2D eigenvalue weighted by atomic mass is 19.4. The molecule has 0 bridgehead atoms. The van der Waals surface area contributed by atoms with E-state index in [1.54, 1.807) is 13.8 Å². The van der Waals surface area contributed by atoms with Crippen molar-refractivity contribution >= 4 is 5.84 Å². The first-order valence-corrected chi connectivity index (χ1v) is 5.95. The highest BCUT2D eigenvalue weighted by molar-refractivity contribution is 5.85. The van der Waals surface area contributed by atoms with Crippen molar-refractivity contribution in [1.82, 2.24) is 0 Å². The fourth-order valence-corrected chi connectivity index (χ4v) is 1.43. The molecular weight excluding hydrogens is 273 g/mol. The van der Waals surface area contributed by atoms with E-state index in [1.807, 2.05) is 0 Å². The van der Waals surface area contributed by atoms with Crippen LogP contribution in [0.25, 0.3) is 0 Å². The van der Waals surface area contributed by atoms with Gasteiger partial charge in [-0.15, -0.1) is 0 Å². The highest BCUT2D eigenvalue weighted by Gasteiger charge is 2.30. The lowest BCUT2D eigenvalue weighted by Gasteiger charge is -2.22. The molecule has 7 heteroatoms. The van der Waals surface area contributed by atoms with Crippen molar-refractivity contribution in [3.05, 3.63) is 29.8 Å². The van der Waals surface area contributed by atoms with Crippen molar-refractivity contribution in [2.45, 2.75) is 26.4 Å². The fraction of sp³-hybridized carbons (Fsp3) is 0.462. The molecule has 1 aromatic carbocycles. The number of halogens is 3. The molecule has 1 aromatic rings. The van der Waals surface area contributed by atoms with Crippen molar-refractivity contribution in [3.8, 4) is 5.75 Å². The highest BCUT2D eigenvalue weighted by Crippen LogP contribution is 2.30. The smallest absolute Gasteiger partial charge is 0.416 e. The molecule has 0 heterocycles. The predicted molar refractivity (Wildman–Crippen MR) is 68.7 cm³/mol. The first-order chi connectivity index (χ1) is 9.16. The molecule has 0 fully saturated rings. The minimum Gasteiger partial charge on any atom is -0.494 e. The van der Waals surface area contributed by atoms with Crippen LogP contribution < -0.4 is 10.5 Å². The van der Waals surface area contributed by atoms with E-state index < -0.39 is 17.2 Å². The van der Waals surface area contributed by atoms with Crippen LogP contribution in [0.1, 0.15) is 25.8 Å². The number of alkyl halides is 3. The van der Waals surface area contributed by atoms with Crippen molar-refractivity contribution in [1.29, 1.82) is 0 Å². The fourth-order valence-electron chi connectivity index (χ4n) is 1.43. The van der Waals surface area contributed by atoms with E-state index >= 15 is 0 Å². The Morgan fingerprint density at radius 2 is 1.80 bits per heavy atom. The third-order valence-corrected chi connectivity index (χ3v) is 2.98. The second-order valence-corrected chi connectivity index (χ2v) is 4.99. The Kier molecular flexibility index (Phi) is 4.86. The van der Waals surface area contributed by atoms with E-state index in [0.717, 1.165) is 12.1 Å². The zero-order valence-corrected chi connectivity index (χ0v) is 11.2. The van der Waals surface area contributed by atoms with Crippen LogP contribution in [0.5, 0.6) is 5.75 Å². The second kappa shape index (κ2) is 6.02. The van der Waals surface area contributed by atoms with Crippen LogP contribution in [0, 0.1) is 5.41 Å². The van der Waals surface area contributed by atoms with Gasteiger partial charge in [0.25, 0.3) is 0 Å². The third-order valence-electron chi connectivity index (χ3n) is 2.98. The molecule has 0 atom stereocenters. The maximum Gasteiger partial charge on any atom is 0.416 e. The lowest BCUT2D eigenvalue weighted by Crippen LogP contribution is -2.33. The van der Waals surface area contributed by atoms with Gasteiger partial charge in [-0.1, -0.05) is 19.0 Å². The second-order valence-electron chi connectivity index (χ2n) is 4.99. The molecule has 20 heavy (non-hydrogen) atoms. The number of oxime groups is 1. The van der Waals surface area contributed by atoms with Crippen molar-refractivity contribution in [2.24, 2.45) is 16.3 Å². The van der Waals surface area contributed by atoms with Gasteiger partial charge in [0.05, 0.1) is 12.2 Å². The Hall–Kier alpha value is -1.92. The molecule has 112 valence electrons. The lowest BCUT2D eigenvalue weighted by atomic mass is 9.88. The Morgan fingerprint density at radius 3 is 2.25 bits per heavy atom. The van der Waals surface area contributed by atoms with E-state index in [1.165, 1.54) is 12.1 Å². The van der Waals surface area contributed by atoms with Gasteiger partial charge in [-0.25, -0.2) is 0 Å². The van der Waals surface area contributed by atoms with Gasteiger partial charge in [-0.05, 0) is 30.7 Å². The Bertz CT molecular complexity index is 467. The largest absolute Gasteiger partial charge is 0.494 e. The quantitative estimate of drug-likeness (QED) is 0.378. The molecular formula is C13H17F3N2O2. The molecule has 4 nitrogen and oxygen atoms in total. The van der Waals surface area contributed by atoms with Crippen molar-refractivity contribution in [3.63, 3.8) is 0 Å². The number of nitrogens with two attached hydrogens (primary N) is 1. The van der Waals surface area contributed by atoms with Crippen LogP contribution in [0.15, 0.2) is 29.4 Å². The average molecular weight is 290 g/mol. The Labute approximate surface area is 115 Å². The van der Waals surface area contributed by atoms with Gasteiger partial charge in [0.15, 0.2) is 0 Å². The van der Waals surface area contributed by atoms with Crippen LogP contribution in [-0.4, -0.2) is 17.6 Å². The van der Waals surface area contributed by atoms with Crippen LogP contribution in [0.2, 0.25) is 0 Å². The number of nitrogens with zero attached hydrogens (tertiary/aromatic N) is 1. The van der Waals surface area contributed by atoms with Gasteiger partial charge in [0, 0.05) is 5.41 Å². The van der Waals surface area contributed by atoms with E-state index in [-0.39, 0.29) is 12.4 Å². The third kappa shape index (κ3) is 4.32. The number of benzene rings is 1. The molecule has 0 amide bonds. The molecule has 0 aromatic heterocycles. The summed E-state index contributed by atoms with van der Waals surface area (Å²) >= 11 is 0. The summed E-state index contributed by atoms with van der Waals surface area (Å²) in [6.07, 6.45) is -3.89. The van der Waals surface area contributed by atoms with Crippen molar-refractivity contribution in [2.75, 3.05) is 6.61 Å². The van der Waals surface area contributed by atoms with Gasteiger partial charge in [0.1, 0.15) is 11.6 Å². The van der Waals surface area contributed by atoms with Crippen LogP contribution in [-0.2, 0) is 6.18 Å². The molecule has 3 N–H and O–H groups in total. The first kappa shape index (κ1) is 16.1. The van der Waals surface area contributed by atoms with Crippen LogP contribution >= 0.6 is 0 Å². The molecule has 1 rings (SSSR count). The molecule has 0 aliphatic heterocycles. The normalized spacial score (nSPS) is 13.3. The molecule has 0 unspecified atom stereocenters. The van der Waals surface area contributed by atoms with Gasteiger partial charge >= 0.3 is 6.18 Å². The predicted octanol–water partition coefficient (Wildman–Crippen LogP) is 3.25. The van der Waals surface area contributed by atoms with Gasteiger partial charge in [-0.2, -0.15) is 13.2 Å². The number of rotatable bonds is 5. The van der Waals surface area contributed by atoms with E-state index in [0.29, 0.717) is 12.2 Å². The summed E-state index contributed by atoms with van der Waals surface area (Å²) in [4.78, 5) is 0. The summed E-state index contributed by atoms with van der Waals surface area (Å²) in [7, 11) is 0. The zero-order valence-electron chi connectivity index (χ0n) is 11.2. The summed E-state index contributed by atoms with van der Waals surface area (Å²) in [5.74, 6) is 0.418. The summed E-state index contributed by atoms with van der Waals surface area (Å²) in [5.41, 5.74) is 4.24. The lowest BCUT2D eigenvalue weighted by molar-refractivity contribution is -0.137. The molecule has 0 saturated carbocycles. The summed E-state index contributed by atoms with van der Waals surface area (Å²) in [5, 5.41) is 11.5. The van der Waals surface area contributed by atoms with E-state index in [2.05, 4.69) is 5.16 Å². The molecule has 0 aliphatic rings. The standard InChI is InChI=1S/C13H17F3N2O2/c1-12(2,11(17)18-19)7-8-20-10-5-3-9(4-6-10)13(14,15)16/h3-6,19H,7-8H2,1-2H3,(H2,17,18). The summed E-state index contributed by atoms with van der Waals surface area (Å²) in [6, 6.07) is 4.45. The van der Waals surface area contributed by atoms with Gasteiger partial charge in [-0.3, -0.25) is 0 Å². The van der Waals surface area contributed by atoms with E-state index in [9.17, 15) is 13.2 Å². The van der Waals surface area contributed by atoms with Gasteiger partial charge < -0.3 is 15.7 Å². The molecule has 0 spiro atoms. The van der Waals surface area contributed by atoms with Crippen LogP contribution in [0.4, 0.5) is 13.2 Å². The molecule has 0 radical (unpaired) electrons. The first-order valence-electron chi connectivity index (χ1n) is 5.95. The number of ether oxygens (including phenoxy) is 1. The number of amidine groups is 1. The molecule has 0 saturated heterocycles. The minimum absolute atomic E-state index is 0.0773. The van der Waals surface area contributed by atoms with Gasteiger partial charge in [0.2, 0.25) is 0 Å². The van der Waals surface area contributed by atoms with Crippen molar-refractivity contribution < 1.29 is 23.1 Å². The van der Waals surface area contributed by atoms with Crippen LogP contribution in [0.3, 0.4) is 0 Å². The number of hydrogen-bond acceptors (Lipinski definition) is 3. The monoisotopic (exact) mass is 290 g/mol. The summed E-state index contributed by atoms with van der Waals surface area (Å²) in [6.45, 7) is 3.80. The average Bonchev–Trinajstić information content (AvgIpc) is 2.37. The molecule has 0 aliphatic carbocycles. The minimum atomic E-state index is -4.35. The maximum absolute atomic E-state index is 12.4. The topological polar surface area (TPSA) is 67.8 Å².